The first kappa shape index (κ1) is 24.5. The molecular weight excluding hydrogens is 468 g/mol. The maximum absolute atomic E-state index is 11.8. The molecule has 2 aromatic carbocycles. The zero-order chi connectivity index (χ0) is 26.2. The average molecular weight is 501 g/mol. The molecule has 0 unspecified atom stereocenters. The number of aryl methyl sites for hydroxylation is 2. The van der Waals surface area contributed by atoms with E-state index in [0.717, 1.165) is 52.1 Å². The Morgan fingerprint density at radius 3 is 2.54 bits per heavy atom. The SMILES string of the molecule is Cc1nnc2c(NCCCCNC(=O)OC(C)(C)C)nc3cc(-c4nc5ccccc5n4C)ccc3n12. The van der Waals surface area contributed by atoms with Gasteiger partial charge in [-0.25, -0.2) is 14.8 Å². The van der Waals surface area contributed by atoms with Crippen molar-refractivity contribution in [2.45, 2.75) is 46.1 Å². The molecule has 0 saturated carbocycles. The molecular formula is C27H32N8O2. The Morgan fingerprint density at radius 2 is 1.76 bits per heavy atom. The van der Waals surface area contributed by atoms with Crippen molar-refractivity contribution in [2.75, 3.05) is 18.4 Å². The zero-order valence-electron chi connectivity index (χ0n) is 21.9. The summed E-state index contributed by atoms with van der Waals surface area (Å²) in [5, 5.41) is 14.9. The van der Waals surface area contributed by atoms with E-state index in [-0.39, 0.29) is 0 Å². The predicted octanol–water partition coefficient (Wildman–Crippen LogP) is 4.86. The molecule has 0 saturated heterocycles. The van der Waals surface area contributed by atoms with Gasteiger partial charge in [0.2, 0.25) is 5.65 Å². The highest BCUT2D eigenvalue weighted by Gasteiger charge is 2.17. The normalized spacial score (nSPS) is 11.9. The van der Waals surface area contributed by atoms with E-state index in [0.29, 0.717) is 24.6 Å². The zero-order valence-corrected chi connectivity index (χ0v) is 21.9. The van der Waals surface area contributed by atoms with Gasteiger partial charge in [-0.05, 0) is 70.9 Å². The second-order valence-corrected chi connectivity index (χ2v) is 10.1. The first-order valence-corrected chi connectivity index (χ1v) is 12.5. The van der Waals surface area contributed by atoms with Gasteiger partial charge >= 0.3 is 6.09 Å². The van der Waals surface area contributed by atoms with E-state index in [1.807, 2.05) is 63.4 Å². The number of alkyl carbamates (subject to hydrolysis) is 1. The van der Waals surface area contributed by atoms with Gasteiger partial charge in [0.25, 0.3) is 0 Å². The topological polar surface area (TPSA) is 111 Å². The Bertz CT molecular complexity index is 1600. The molecule has 1 amide bonds. The largest absolute Gasteiger partial charge is 0.444 e. The van der Waals surface area contributed by atoms with Gasteiger partial charge in [-0.1, -0.05) is 12.1 Å². The summed E-state index contributed by atoms with van der Waals surface area (Å²) in [7, 11) is 2.03. The van der Waals surface area contributed by atoms with Crippen LogP contribution < -0.4 is 10.6 Å². The minimum Gasteiger partial charge on any atom is -0.444 e. The van der Waals surface area contributed by atoms with E-state index >= 15 is 0 Å². The number of imidazole rings is 1. The van der Waals surface area contributed by atoms with Crippen LogP contribution in [0.2, 0.25) is 0 Å². The Hall–Kier alpha value is -4.21. The van der Waals surface area contributed by atoms with Crippen LogP contribution in [0.3, 0.4) is 0 Å². The van der Waals surface area contributed by atoms with Crippen LogP contribution in [0.1, 0.15) is 39.4 Å². The van der Waals surface area contributed by atoms with Gasteiger partial charge in [0.15, 0.2) is 5.82 Å². The smallest absolute Gasteiger partial charge is 0.407 e. The summed E-state index contributed by atoms with van der Waals surface area (Å²) < 4.78 is 9.39. The van der Waals surface area contributed by atoms with Gasteiger partial charge in [0, 0.05) is 25.7 Å². The van der Waals surface area contributed by atoms with Crippen molar-refractivity contribution in [3.8, 4) is 11.4 Å². The molecule has 0 spiro atoms. The lowest BCUT2D eigenvalue weighted by Gasteiger charge is -2.19. The first-order valence-electron chi connectivity index (χ1n) is 12.5. The summed E-state index contributed by atoms with van der Waals surface area (Å²) in [5.74, 6) is 2.36. The number of amides is 1. The molecule has 0 fully saturated rings. The van der Waals surface area contributed by atoms with Crippen molar-refractivity contribution < 1.29 is 9.53 Å². The van der Waals surface area contributed by atoms with Gasteiger partial charge in [0.1, 0.15) is 17.2 Å². The molecule has 5 aromatic rings. The summed E-state index contributed by atoms with van der Waals surface area (Å²) in [6.07, 6.45) is 1.25. The lowest BCUT2D eigenvalue weighted by Crippen LogP contribution is -2.33. The number of benzene rings is 2. The number of ether oxygens (including phenoxy) is 1. The maximum atomic E-state index is 11.8. The third kappa shape index (κ3) is 5.04. The lowest BCUT2D eigenvalue weighted by molar-refractivity contribution is 0.0527. The number of hydrogen-bond acceptors (Lipinski definition) is 7. The van der Waals surface area contributed by atoms with Crippen LogP contribution in [0.5, 0.6) is 0 Å². The van der Waals surface area contributed by atoms with Crippen molar-refractivity contribution >= 4 is 39.6 Å². The number of nitrogens with one attached hydrogen (secondary N) is 2. The molecule has 3 heterocycles. The number of carbonyl (C=O) groups is 1. The fourth-order valence-corrected chi connectivity index (χ4v) is 4.40. The summed E-state index contributed by atoms with van der Waals surface area (Å²) in [4.78, 5) is 21.6. The molecule has 37 heavy (non-hydrogen) atoms. The third-order valence-corrected chi connectivity index (χ3v) is 6.09. The second kappa shape index (κ2) is 9.68. The summed E-state index contributed by atoms with van der Waals surface area (Å²) >= 11 is 0. The lowest BCUT2D eigenvalue weighted by atomic mass is 10.1. The van der Waals surface area contributed by atoms with Gasteiger partial charge in [-0.3, -0.25) is 4.40 Å². The molecule has 0 radical (unpaired) electrons. The summed E-state index contributed by atoms with van der Waals surface area (Å²) in [6.45, 7) is 8.71. The van der Waals surface area contributed by atoms with Crippen molar-refractivity contribution in [3.63, 3.8) is 0 Å². The number of anilines is 1. The number of para-hydroxylation sites is 2. The van der Waals surface area contributed by atoms with E-state index in [9.17, 15) is 4.79 Å². The number of rotatable bonds is 7. The van der Waals surface area contributed by atoms with Gasteiger partial charge in [-0.15, -0.1) is 10.2 Å². The van der Waals surface area contributed by atoms with Gasteiger partial charge in [0.05, 0.1) is 22.1 Å². The van der Waals surface area contributed by atoms with E-state index < -0.39 is 11.7 Å². The van der Waals surface area contributed by atoms with Crippen molar-refractivity contribution in [3.05, 3.63) is 48.3 Å². The van der Waals surface area contributed by atoms with Gasteiger partial charge < -0.3 is 19.9 Å². The highest BCUT2D eigenvalue weighted by molar-refractivity contribution is 5.88. The highest BCUT2D eigenvalue weighted by Crippen LogP contribution is 2.28. The van der Waals surface area contributed by atoms with E-state index in [4.69, 9.17) is 14.7 Å². The minimum absolute atomic E-state index is 0.395. The number of fused-ring (bicyclic) bond motifs is 4. The molecule has 10 nitrogen and oxygen atoms in total. The van der Waals surface area contributed by atoms with Crippen LogP contribution in [0, 0.1) is 6.92 Å². The Morgan fingerprint density at radius 1 is 0.973 bits per heavy atom. The van der Waals surface area contributed by atoms with Crippen LogP contribution in [-0.2, 0) is 11.8 Å². The molecule has 5 rings (SSSR count). The molecule has 0 bridgehead atoms. The molecule has 0 atom stereocenters. The van der Waals surface area contributed by atoms with Crippen LogP contribution >= 0.6 is 0 Å². The summed E-state index contributed by atoms with van der Waals surface area (Å²) in [6, 6.07) is 14.3. The number of hydrogen-bond donors (Lipinski definition) is 2. The quantitative estimate of drug-likeness (QED) is 0.307. The van der Waals surface area contributed by atoms with Crippen molar-refractivity contribution in [2.24, 2.45) is 7.05 Å². The van der Waals surface area contributed by atoms with Crippen LogP contribution in [-0.4, -0.2) is 53.9 Å². The molecule has 3 aromatic heterocycles. The Balaban J connectivity index is 1.35. The number of nitrogens with zero attached hydrogens (tertiary/aromatic N) is 6. The number of aromatic nitrogens is 6. The predicted molar refractivity (Wildman–Crippen MR) is 145 cm³/mol. The highest BCUT2D eigenvalue weighted by atomic mass is 16.6. The standard InChI is InChI=1S/C27H32N8O2/c1-17-32-33-25-23(28-14-8-9-15-29-26(36)37-27(2,3)4)30-20-16-18(12-13-22(20)35(17)25)24-31-19-10-6-7-11-21(19)34(24)5/h6-7,10-13,16H,8-9,14-15H2,1-5H3,(H,28,30)(H,29,36). The van der Waals surface area contributed by atoms with E-state index in [2.05, 4.69) is 43.6 Å². The molecule has 0 aliphatic heterocycles. The van der Waals surface area contributed by atoms with E-state index in [1.165, 1.54) is 0 Å². The molecule has 0 aliphatic rings. The fraction of sp³-hybridized carbons (Fsp3) is 0.370. The Labute approximate surface area is 215 Å². The van der Waals surface area contributed by atoms with Crippen LogP contribution in [0.25, 0.3) is 39.1 Å². The van der Waals surface area contributed by atoms with Crippen molar-refractivity contribution in [1.82, 2.24) is 34.4 Å². The summed E-state index contributed by atoms with van der Waals surface area (Å²) in [5.41, 5.74) is 4.98. The fourth-order valence-electron chi connectivity index (χ4n) is 4.40. The molecule has 192 valence electrons. The average Bonchev–Trinajstić information content (AvgIpc) is 3.40. The van der Waals surface area contributed by atoms with Crippen LogP contribution in [0.4, 0.5) is 10.6 Å². The van der Waals surface area contributed by atoms with Crippen molar-refractivity contribution in [1.29, 1.82) is 0 Å². The molecule has 2 N–H and O–H groups in total. The first-order chi connectivity index (χ1) is 17.7. The Kier molecular flexibility index (Phi) is 6.41. The van der Waals surface area contributed by atoms with Crippen LogP contribution in [0.15, 0.2) is 42.5 Å². The monoisotopic (exact) mass is 500 g/mol. The molecule has 0 aliphatic carbocycles. The van der Waals surface area contributed by atoms with Gasteiger partial charge in [-0.2, -0.15) is 0 Å². The molecule has 10 heteroatoms. The number of unbranched alkanes of at least 4 members (excludes halogenated alkanes) is 1. The number of carbonyl (C=O) groups excluding carboxylic acids is 1. The minimum atomic E-state index is -0.501. The maximum Gasteiger partial charge on any atom is 0.407 e. The third-order valence-electron chi connectivity index (χ3n) is 6.09. The van der Waals surface area contributed by atoms with E-state index in [1.54, 1.807) is 0 Å². The second-order valence-electron chi connectivity index (χ2n) is 10.1.